The van der Waals surface area contributed by atoms with Crippen LogP contribution in [0.4, 0.5) is 5.69 Å². The van der Waals surface area contributed by atoms with Gasteiger partial charge in [0.1, 0.15) is 5.69 Å². The molecule has 0 saturated carbocycles. The molecule has 0 spiro atoms. The third kappa shape index (κ3) is 3.22. The molecule has 0 bridgehead atoms. The maximum absolute atomic E-state index is 12.6. The van der Waals surface area contributed by atoms with Gasteiger partial charge in [-0.2, -0.15) is 0 Å². The number of hydrogen-bond donors (Lipinski definition) is 1. The zero-order chi connectivity index (χ0) is 17.1. The molecule has 2 aromatic rings. The zero-order valence-electron chi connectivity index (χ0n) is 13.6. The Labute approximate surface area is 140 Å². The lowest BCUT2D eigenvalue weighted by molar-refractivity contribution is 0.0411. The highest BCUT2D eigenvalue weighted by molar-refractivity contribution is 5.95. The molecule has 6 nitrogen and oxygen atoms in total. The maximum Gasteiger partial charge on any atom is 0.272 e. The Hall–Kier alpha value is -2.89. The standard InChI is InChI=1S/C18H20N4O2/c1-13-12-21(18(24)16-4-2-3-9-20-16)10-11-22(13)17(23)14-5-7-15(19)8-6-14/h2-9,13H,10-12,19H2,1H3/t13-/m0/s1. The number of aromatic nitrogens is 1. The van der Waals surface area contributed by atoms with Crippen LogP contribution in [-0.4, -0.2) is 52.3 Å². The van der Waals surface area contributed by atoms with E-state index < -0.39 is 0 Å². The van der Waals surface area contributed by atoms with Gasteiger partial charge in [-0.05, 0) is 43.3 Å². The van der Waals surface area contributed by atoms with Crippen molar-refractivity contribution in [2.75, 3.05) is 25.4 Å². The minimum absolute atomic E-state index is 0.0348. The number of carbonyl (C=O) groups excluding carboxylic acids is 2. The lowest BCUT2D eigenvalue weighted by Crippen LogP contribution is -2.55. The smallest absolute Gasteiger partial charge is 0.272 e. The van der Waals surface area contributed by atoms with Gasteiger partial charge in [-0.15, -0.1) is 0 Å². The van der Waals surface area contributed by atoms with Gasteiger partial charge in [-0.1, -0.05) is 6.07 Å². The number of carbonyl (C=O) groups is 2. The minimum atomic E-state index is -0.0953. The first-order chi connectivity index (χ1) is 11.6. The van der Waals surface area contributed by atoms with Crippen LogP contribution in [-0.2, 0) is 0 Å². The van der Waals surface area contributed by atoms with Gasteiger partial charge >= 0.3 is 0 Å². The first-order valence-corrected chi connectivity index (χ1v) is 7.93. The van der Waals surface area contributed by atoms with Gasteiger partial charge in [0.2, 0.25) is 0 Å². The zero-order valence-corrected chi connectivity index (χ0v) is 13.6. The van der Waals surface area contributed by atoms with Gasteiger partial charge in [-0.3, -0.25) is 14.6 Å². The predicted octanol–water partition coefficient (Wildman–Crippen LogP) is 1.65. The lowest BCUT2D eigenvalue weighted by Gasteiger charge is -2.39. The van der Waals surface area contributed by atoms with E-state index in [1.807, 2.05) is 6.92 Å². The molecular formula is C18H20N4O2. The summed E-state index contributed by atoms with van der Waals surface area (Å²) in [6.45, 7) is 3.45. The number of nitrogens with two attached hydrogens (primary N) is 1. The molecule has 1 fully saturated rings. The fourth-order valence-corrected chi connectivity index (χ4v) is 2.89. The molecule has 2 amide bonds. The maximum atomic E-state index is 12.6. The summed E-state index contributed by atoms with van der Waals surface area (Å²) in [5.74, 6) is -0.130. The van der Waals surface area contributed by atoms with Crippen molar-refractivity contribution in [3.05, 3.63) is 59.9 Å². The predicted molar refractivity (Wildman–Crippen MR) is 91.5 cm³/mol. The number of nitrogen functional groups attached to an aromatic ring is 1. The van der Waals surface area contributed by atoms with E-state index in [0.29, 0.717) is 36.6 Å². The van der Waals surface area contributed by atoms with Gasteiger partial charge in [0.05, 0.1) is 0 Å². The first-order valence-electron chi connectivity index (χ1n) is 7.93. The number of hydrogen-bond acceptors (Lipinski definition) is 4. The fourth-order valence-electron chi connectivity index (χ4n) is 2.89. The van der Waals surface area contributed by atoms with E-state index >= 15 is 0 Å². The number of benzene rings is 1. The molecule has 1 aliphatic rings. The summed E-state index contributed by atoms with van der Waals surface area (Å²) >= 11 is 0. The molecule has 1 aromatic heterocycles. The molecule has 2 N–H and O–H groups in total. The van der Waals surface area contributed by atoms with E-state index in [1.54, 1.807) is 58.5 Å². The summed E-state index contributed by atoms with van der Waals surface area (Å²) in [6, 6.07) is 12.1. The molecule has 0 unspecified atom stereocenters. The van der Waals surface area contributed by atoms with Crippen LogP contribution < -0.4 is 5.73 Å². The Kier molecular flexibility index (Phi) is 4.46. The molecule has 1 atom stereocenters. The lowest BCUT2D eigenvalue weighted by atomic mass is 10.1. The van der Waals surface area contributed by atoms with Crippen LogP contribution in [0.1, 0.15) is 27.8 Å². The third-order valence-corrected chi connectivity index (χ3v) is 4.22. The van der Waals surface area contributed by atoms with Crippen LogP contribution in [0.5, 0.6) is 0 Å². The van der Waals surface area contributed by atoms with Crippen molar-refractivity contribution >= 4 is 17.5 Å². The van der Waals surface area contributed by atoms with Crippen molar-refractivity contribution < 1.29 is 9.59 Å². The number of anilines is 1. The largest absolute Gasteiger partial charge is 0.399 e. The van der Waals surface area contributed by atoms with E-state index in [1.165, 1.54) is 0 Å². The Balaban J connectivity index is 1.68. The van der Waals surface area contributed by atoms with Crippen LogP contribution in [0, 0.1) is 0 Å². The minimum Gasteiger partial charge on any atom is -0.399 e. The quantitative estimate of drug-likeness (QED) is 0.852. The van der Waals surface area contributed by atoms with Gasteiger partial charge in [-0.25, -0.2) is 0 Å². The topological polar surface area (TPSA) is 79.5 Å². The molecular weight excluding hydrogens is 304 g/mol. The second-order valence-electron chi connectivity index (χ2n) is 5.94. The van der Waals surface area contributed by atoms with E-state index in [-0.39, 0.29) is 17.9 Å². The Morgan fingerprint density at radius 1 is 1.08 bits per heavy atom. The summed E-state index contributed by atoms with van der Waals surface area (Å²) in [6.07, 6.45) is 1.61. The first kappa shape index (κ1) is 16.0. The van der Waals surface area contributed by atoms with E-state index in [9.17, 15) is 9.59 Å². The summed E-state index contributed by atoms with van der Waals surface area (Å²) in [5, 5.41) is 0. The van der Waals surface area contributed by atoms with Gasteiger partial charge in [0.15, 0.2) is 0 Å². The third-order valence-electron chi connectivity index (χ3n) is 4.22. The van der Waals surface area contributed by atoms with Crippen molar-refractivity contribution in [2.24, 2.45) is 0 Å². The molecule has 1 aliphatic heterocycles. The van der Waals surface area contributed by atoms with E-state index in [0.717, 1.165) is 0 Å². The summed E-state index contributed by atoms with van der Waals surface area (Å²) < 4.78 is 0. The van der Waals surface area contributed by atoms with Crippen molar-refractivity contribution in [3.8, 4) is 0 Å². The molecule has 0 radical (unpaired) electrons. The van der Waals surface area contributed by atoms with Crippen LogP contribution in [0.25, 0.3) is 0 Å². The highest BCUT2D eigenvalue weighted by atomic mass is 16.2. The Morgan fingerprint density at radius 2 is 1.83 bits per heavy atom. The van der Waals surface area contributed by atoms with Gasteiger partial charge < -0.3 is 15.5 Å². The van der Waals surface area contributed by atoms with E-state index in [4.69, 9.17) is 5.73 Å². The average Bonchev–Trinajstić information content (AvgIpc) is 2.62. The molecule has 6 heteroatoms. The molecule has 24 heavy (non-hydrogen) atoms. The Bertz CT molecular complexity index is 730. The fraction of sp³-hybridized carbons (Fsp3) is 0.278. The molecule has 0 aliphatic carbocycles. The molecule has 1 saturated heterocycles. The van der Waals surface area contributed by atoms with Crippen molar-refractivity contribution in [3.63, 3.8) is 0 Å². The summed E-state index contributed by atoms with van der Waals surface area (Å²) in [7, 11) is 0. The highest BCUT2D eigenvalue weighted by Gasteiger charge is 2.30. The van der Waals surface area contributed by atoms with Crippen LogP contribution >= 0.6 is 0 Å². The number of pyridine rings is 1. The number of rotatable bonds is 2. The normalized spacial score (nSPS) is 17.6. The average molecular weight is 324 g/mol. The molecule has 2 heterocycles. The second-order valence-corrected chi connectivity index (χ2v) is 5.94. The monoisotopic (exact) mass is 324 g/mol. The number of piperazine rings is 1. The van der Waals surface area contributed by atoms with Crippen molar-refractivity contribution in [1.82, 2.24) is 14.8 Å². The van der Waals surface area contributed by atoms with Crippen molar-refractivity contribution in [1.29, 1.82) is 0 Å². The summed E-state index contributed by atoms with van der Waals surface area (Å²) in [5.41, 5.74) is 7.34. The van der Waals surface area contributed by atoms with Crippen molar-refractivity contribution in [2.45, 2.75) is 13.0 Å². The van der Waals surface area contributed by atoms with E-state index in [2.05, 4.69) is 4.98 Å². The molecule has 124 valence electrons. The highest BCUT2D eigenvalue weighted by Crippen LogP contribution is 2.16. The summed E-state index contributed by atoms with van der Waals surface area (Å²) in [4.78, 5) is 32.8. The number of amides is 2. The number of nitrogens with zero attached hydrogens (tertiary/aromatic N) is 3. The van der Waals surface area contributed by atoms with Crippen LogP contribution in [0.15, 0.2) is 48.7 Å². The molecule has 1 aromatic carbocycles. The van der Waals surface area contributed by atoms with Crippen LogP contribution in [0.3, 0.4) is 0 Å². The van der Waals surface area contributed by atoms with Gasteiger partial charge in [0, 0.05) is 43.1 Å². The second kappa shape index (κ2) is 6.70. The Morgan fingerprint density at radius 3 is 2.46 bits per heavy atom. The molecule has 3 rings (SSSR count). The van der Waals surface area contributed by atoms with Crippen LogP contribution in [0.2, 0.25) is 0 Å². The van der Waals surface area contributed by atoms with Gasteiger partial charge in [0.25, 0.3) is 11.8 Å². The SMILES string of the molecule is C[C@H]1CN(C(=O)c2ccccn2)CCN1C(=O)c1ccc(N)cc1.